The summed E-state index contributed by atoms with van der Waals surface area (Å²) in [6.07, 6.45) is 10.9. The fourth-order valence-electron chi connectivity index (χ4n) is 0.894. The van der Waals surface area contributed by atoms with Crippen molar-refractivity contribution in [2.24, 2.45) is 5.92 Å². The van der Waals surface area contributed by atoms with E-state index in [2.05, 4.69) is 24.7 Å². The van der Waals surface area contributed by atoms with Gasteiger partial charge in [-0.3, -0.25) is 0 Å². The molecule has 0 aliphatic carbocycles. The van der Waals surface area contributed by atoms with Gasteiger partial charge in [-0.15, -0.1) is 11.8 Å². The van der Waals surface area contributed by atoms with E-state index >= 15 is 0 Å². The van der Waals surface area contributed by atoms with E-state index in [4.69, 9.17) is 6.42 Å². The Labute approximate surface area is 70.4 Å². The van der Waals surface area contributed by atoms with Gasteiger partial charge in [0.2, 0.25) is 0 Å². The second-order valence-corrected chi connectivity index (χ2v) is 2.54. The molecule has 0 aromatic heterocycles. The average Bonchev–Trinajstić information content (AvgIpc) is 2.03. The molecule has 0 nitrogen and oxygen atoms in total. The lowest BCUT2D eigenvalue weighted by Crippen LogP contribution is -1.93. The third-order valence-electron chi connectivity index (χ3n) is 1.49. The Balaban J connectivity index is 3.62. The van der Waals surface area contributed by atoms with Gasteiger partial charge in [-0.2, -0.15) is 0 Å². The summed E-state index contributed by atoms with van der Waals surface area (Å²) < 4.78 is 0. The Morgan fingerprint density at radius 1 is 1.27 bits per heavy atom. The van der Waals surface area contributed by atoms with Crippen molar-refractivity contribution in [1.82, 2.24) is 0 Å². The van der Waals surface area contributed by atoms with Gasteiger partial charge < -0.3 is 0 Å². The van der Waals surface area contributed by atoms with Crippen LogP contribution in [-0.4, -0.2) is 0 Å². The first-order valence-electron chi connectivity index (χ1n) is 4.23. The first-order valence-corrected chi connectivity index (χ1v) is 4.23. The van der Waals surface area contributed by atoms with E-state index < -0.39 is 0 Å². The molecule has 0 fully saturated rings. The van der Waals surface area contributed by atoms with Crippen LogP contribution < -0.4 is 0 Å². The average molecular weight is 147 g/mol. The molecule has 0 spiro atoms. The lowest BCUT2D eigenvalue weighted by Gasteiger charge is -2.01. The highest BCUT2D eigenvalue weighted by atomic mass is 14.0. The molecule has 1 atom stereocenters. The molecular weight excluding hydrogens is 132 g/mol. The minimum absolute atomic E-state index is 0.263. The lowest BCUT2D eigenvalue weighted by atomic mass is 10.0. The van der Waals surface area contributed by atoms with Gasteiger partial charge in [0.15, 0.2) is 0 Å². The van der Waals surface area contributed by atoms with E-state index in [1.165, 1.54) is 0 Å². The molecule has 0 bridgehead atoms. The van der Waals surface area contributed by atoms with Gasteiger partial charge in [-0.05, 0) is 12.8 Å². The summed E-state index contributed by atoms with van der Waals surface area (Å²) in [5.41, 5.74) is 0. The second kappa shape index (κ2) is 7.23. The minimum Gasteiger partial charge on any atom is -0.104 e. The van der Waals surface area contributed by atoms with Crippen LogP contribution in [0.1, 0.15) is 39.5 Å². The summed E-state index contributed by atoms with van der Waals surface area (Å²) in [6, 6.07) is 0. The number of hydrogen-bond donors (Lipinski definition) is 0. The van der Waals surface area contributed by atoms with Crippen molar-refractivity contribution in [3.8, 4) is 17.8 Å². The van der Waals surface area contributed by atoms with Crippen molar-refractivity contribution < 1.29 is 0 Å². The van der Waals surface area contributed by atoms with Crippen molar-refractivity contribution in [3.63, 3.8) is 0 Å². The van der Waals surface area contributed by atoms with Crippen molar-refractivity contribution in [1.29, 1.82) is 0 Å². The van der Waals surface area contributed by atoms with E-state index in [1.54, 1.807) is 0 Å². The topological polar surface area (TPSA) is 0 Å². The molecule has 0 aliphatic heterocycles. The van der Waals surface area contributed by atoms with Gasteiger partial charge in [0.1, 0.15) is 0 Å². The largest absolute Gasteiger partial charge is 0.104 e. The third kappa shape index (κ3) is 5.56. The van der Waals surface area contributed by atoms with E-state index in [0.717, 1.165) is 25.7 Å². The molecule has 0 rings (SSSR count). The summed E-state index contributed by atoms with van der Waals surface area (Å²) in [5, 5.41) is 0. The van der Waals surface area contributed by atoms with Crippen LogP contribution in [0.4, 0.5) is 0 Å². The zero-order chi connectivity index (χ0) is 8.53. The monoisotopic (exact) mass is 147 g/mol. The smallest absolute Gasteiger partial charge is 0.0322 e. The summed E-state index contributed by atoms with van der Waals surface area (Å²) in [5.74, 6) is 8.81. The summed E-state index contributed by atoms with van der Waals surface area (Å²) in [4.78, 5) is 0. The zero-order valence-corrected chi connectivity index (χ0v) is 7.41. The highest BCUT2D eigenvalue weighted by Gasteiger charge is 1.99. The molecule has 0 heteroatoms. The van der Waals surface area contributed by atoms with Crippen LogP contribution in [0.2, 0.25) is 0 Å². The maximum Gasteiger partial charge on any atom is 0.0322 e. The predicted octanol–water partition coefficient (Wildman–Crippen LogP) is 2.80. The minimum atomic E-state index is 0.263. The van der Waals surface area contributed by atoms with E-state index in [1.807, 2.05) is 6.92 Å². The highest BCUT2D eigenvalue weighted by molar-refractivity contribution is 5.03. The van der Waals surface area contributed by atoms with Crippen LogP contribution in [0.15, 0.2) is 0 Å². The summed E-state index contributed by atoms with van der Waals surface area (Å²) in [6.45, 7) is 4.16. The van der Waals surface area contributed by atoms with Crippen molar-refractivity contribution in [2.45, 2.75) is 39.5 Å². The zero-order valence-electron chi connectivity index (χ0n) is 7.41. The molecule has 59 valence electrons. The fraction of sp³-hybridized carbons (Fsp3) is 0.636. The second-order valence-electron chi connectivity index (χ2n) is 2.54. The normalized spacial score (nSPS) is 11.0. The van der Waals surface area contributed by atoms with Gasteiger partial charge in [-0.25, -0.2) is 0 Å². The van der Waals surface area contributed by atoms with Crippen molar-refractivity contribution in [3.05, 3.63) is 6.42 Å². The van der Waals surface area contributed by atoms with Gasteiger partial charge in [0, 0.05) is 18.8 Å². The Morgan fingerprint density at radius 3 is 2.45 bits per heavy atom. The van der Waals surface area contributed by atoms with Gasteiger partial charge >= 0.3 is 0 Å². The van der Waals surface area contributed by atoms with Gasteiger partial charge in [-0.1, -0.05) is 26.2 Å². The van der Waals surface area contributed by atoms with Crippen LogP contribution in [0.5, 0.6) is 0 Å². The Morgan fingerprint density at radius 2 is 2.00 bits per heavy atom. The Hall–Kier alpha value is -0.880. The van der Waals surface area contributed by atoms with Crippen LogP contribution >= 0.6 is 0 Å². The van der Waals surface area contributed by atoms with Crippen LogP contribution in [0.3, 0.4) is 0 Å². The quantitative estimate of drug-likeness (QED) is 0.538. The lowest BCUT2D eigenvalue weighted by molar-refractivity contribution is 0.614. The Bertz CT molecular complexity index is 172. The predicted molar refractivity (Wildman–Crippen MR) is 48.2 cm³/mol. The van der Waals surface area contributed by atoms with Gasteiger partial charge in [0.05, 0.1) is 0 Å². The Kier molecular flexibility index (Phi) is 6.65. The van der Waals surface area contributed by atoms with E-state index in [-0.39, 0.29) is 5.92 Å². The molecule has 0 aliphatic rings. The molecule has 0 saturated carbocycles. The molecular formula is C11H15. The molecule has 1 unspecified atom stereocenters. The molecule has 0 N–H and O–H groups in total. The molecule has 0 heterocycles. The van der Waals surface area contributed by atoms with Crippen LogP contribution in [0.25, 0.3) is 0 Å². The van der Waals surface area contributed by atoms with E-state index in [0.29, 0.717) is 0 Å². The van der Waals surface area contributed by atoms with Crippen LogP contribution in [-0.2, 0) is 0 Å². The summed E-state index contributed by atoms with van der Waals surface area (Å²) in [7, 11) is 0. The fourth-order valence-corrected chi connectivity index (χ4v) is 0.894. The molecule has 0 saturated heterocycles. The first-order chi connectivity index (χ1) is 5.35. The maximum absolute atomic E-state index is 6.98. The first kappa shape index (κ1) is 10.1. The number of rotatable bonds is 3. The van der Waals surface area contributed by atoms with E-state index in [9.17, 15) is 0 Å². The molecule has 1 radical (unpaired) electrons. The highest BCUT2D eigenvalue weighted by Crippen LogP contribution is 2.08. The van der Waals surface area contributed by atoms with Crippen molar-refractivity contribution in [2.75, 3.05) is 0 Å². The SMILES string of the molecule is [C]#CC(CC#CCC)CCC. The molecule has 0 aromatic carbocycles. The van der Waals surface area contributed by atoms with Crippen molar-refractivity contribution >= 4 is 0 Å². The number of hydrogen-bond acceptors (Lipinski definition) is 0. The maximum atomic E-state index is 6.98. The third-order valence-corrected chi connectivity index (χ3v) is 1.49. The van der Waals surface area contributed by atoms with Crippen LogP contribution in [0, 0.1) is 30.1 Å². The molecule has 0 aromatic rings. The van der Waals surface area contributed by atoms with Gasteiger partial charge in [0.25, 0.3) is 0 Å². The molecule has 11 heavy (non-hydrogen) atoms. The standard InChI is InChI=1S/C11H15/c1-4-7-8-10-11(6-3)9-5-2/h11H,4-5,9-10H2,1-2H3. The molecule has 0 amide bonds. The summed E-state index contributed by atoms with van der Waals surface area (Å²) >= 11 is 0.